The number of carbonyl (C=O) groups excluding carboxylic acids is 3. The number of esters is 1. The number of amides is 1. The fraction of sp³-hybridized carbons (Fsp3) is 0.538. The number of rotatable bonds is 5. The van der Waals surface area contributed by atoms with Gasteiger partial charge in [-0.1, -0.05) is 23.1 Å². The standard InChI is InChI=1S/C13H15BrN2O4S2/c1-3-20-12(19)10-11(14)22-13(15-10)16-5-8(4-9(16)18)6-21-7(2)17/h8H,3-6H2,1-2H3. The molecular formula is C13H15BrN2O4S2. The van der Waals surface area contributed by atoms with Gasteiger partial charge in [0.2, 0.25) is 5.91 Å². The van der Waals surface area contributed by atoms with Crippen molar-refractivity contribution in [1.82, 2.24) is 4.98 Å². The molecule has 120 valence electrons. The van der Waals surface area contributed by atoms with Crippen LogP contribution in [0.1, 0.15) is 30.8 Å². The Morgan fingerprint density at radius 2 is 2.27 bits per heavy atom. The molecule has 0 bridgehead atoms. The van der Waals surface area contributed by atoms with E-state index in [0.717, 1.165) is 0 Å². The summed E-state index contributed by atoms with van der Waals surface area (Å²) in [5.74, 6) is 0.197. The normalized spacial score (nSPS) is 17.9. The Morgan fingerprint density at radius 3 is 2.91 bits per heavy atom. The van der Waals surface area contributed by atoms with E-state index in [2.05, 4.69) is 20.9 Å². The summed E-state index contributed by atoms with van der Waals surface area (Å²) in [6, 6.07) is 0. The van der Waals surface area contributed by atoms with Gasteiger partial charge in [0.1, 0.15) is 3.79 Å². The number of ether oxygens (including phenoxy) is 1. The zero-order valence-electron chi connectivity index (χ0n) is 12.1. The number of hydrogen-bond donors (Lipinski definition) is 0. The van der Waals surface area contributed by atoms with Gasteiger partial charge in [-0.05, 0) is 28.8 Å². The number of nitrogens with zero attached hydrogens (tertiary/aromatic N) is 2. The van der Waals surface area contributed by atoms with Crippen LogP contribution in [0.5, 0.6) is 0 Å². The summed E-state index contributed by atoms with van der Waals surface area (Å²) in [5, 5.41) is 0.530. The zero-order valence-corrected chi connectivity index (χ0v) is 15.3. The third-order valence-electron chi connectivity index (χ3n) is 3.00. The minimum Gasteiger partial charge on any atom is -0.461 e. The smallest absolute Gasteiger partial charge is 0.359 e. The topological polar surface area (TPSA) is 76.6 Å². The molecule has 1 saturated heterocycles. The van der Waals surface area contributed by atoms with Crippen molar-refractivity contribution in [3.05, 3.63) is 9.48 Å². The van der Waals surface area contributed by atoms with Crippen LogP contribution in [0.25, 0.3) is 0 Å². The van der Waals surface area contributed by atoms with E-state index in [1.165, 1.54) is 30.0 Å². The Morgan fingerprint density at radius 1 is 1.55 bits per heavy atom. The van der Waals surface area contributed by atoms with Crippen molar-refractivity contribution < 1.29 is 19.1 Å². The fourth-order valence-corrected chi connectivity index (χ4v) is 4.23. The highest BCUT2D eigenvalue weighted by Gasteiger charge is 2.33. The van der Waals surface area contributed by atoms with Crippen molar-refractivity contribution in [2.75, 3.05) is 23.8 Å². The molecule has 0 saturated carbocycles. The maximum absolute atomic E-state index is 12.1. The average Bonchev–Trinajstić information content (AvgIpc) is 3.00. The van der Waals surface area contributed by atoms with Gasteiger partial charge in [-0.25, -0.2) is 9.78 Å². The zero-order chi connectivity index (χ0) is 16.3. The first-order valence-electron chi connectivity index (χ1n) is 6.69. The Hall–Kier alpha value is -0.930. The summed E-state index contributed by atoms with van der Waals surface area (Å²) in [7, 11) is 0. The average molecular weight is 407 g/mol. The molecule has 1 atom stereocenters. The van der Waals surface area contributed by atoms with Crippen LogP contribution in [-0.2, 0) is 14.3 Å². The molecule has 1 aromatic heterocycles. The van der Waals surface area contributed by atoms with Gasteiger partial charge in [0, 0.05) is 25.6 Å². The molecule has 2 heterocycles. The van der Waals surface area contributed by atoms with E-state index in [9.17, 15) is 14.4 Å². The molecule has 1 aromatic rings. The molecule has 0 aliphatic carbocycles. The molecule has 0 spiro atoms. The number of anilines is 1. The van der Waals surface area contributed by atoms with Gasteiger partial charge >= 0.3 is 5.97 Å². The van der Waals surface area contributed by atoms with Crippen molar-refractivity contribution in [3.8, 4) is 0 Å². The molecule has 2 rings (SSSR count). The largest absolute Gasteiger partial charge is 0.461 e. The lowest BCUT2D eigenvalue weighted by Crippen LogP contribution is -2.24. The lowest BCUT2D eigenvalue weighted by atomic mass is 10.1. The lowest BCUT2D eigenvalue weighted by molar-refractivity contribution is -0.117. The van der Waals surface area contributed by atoms with E-state index in [0.29, 0.717) is 27.6 Å². The first kappa shape index (κ1) is 17.4. The first-order valence-corrected chi connectivity index (χ1v) is 9.29. The van der Waals surface area contributed by atoms with Crippen LogP contribution >= 0.6 is 39.0 Å². The highest BCUT2D eigenvalue weighted by atomic mass is 79.9. The minimum atomic E-state index is -0.507. The molecule has 1 aliphatic rings. The Bertz CT molecular complexity index is 605. The Balaban J connectivity index is 2.09. The van der Waals surface area contributed by atoms with Gasteiger partial charge < -0.3 is 4.74 Å². The van der Waals surface area contributed by atoms with Crippen LogP contribution in [-0.4, -0.2) is 40.9 Å². The fourth-order valence-electron chi connectivity index (χ4n) is 2.05. The number of thioether (sulfide) groups is 1. The summed E-state index contributed by atoms with van der Waals surface area (Å²) in [5.41, 5.74) is 0.191. The molecule has 1 aliphatic heterocycles. The molecule has 6 nitrogen and oxygen atoms in total. The summed E-state index contributed by atoms with van der Waals surface area (Å²) >= 11 is 5.75. The highest BCUT2D eigenvalue weighted by Crippen LogP contribution is 2.35. The second-order valence-electron chi connectivity index (χ2n) is 4.72. The summed E-state index contributed by atoms with van der Waals surface area (Å²) in [4.78, 5) is 40.7. The van der Waals surface area contributed by atoms with E-state index < -0.39 is 5.97 Å². The Labute approximate surface area is 144 Å². The second-order valence-corrected chi connectivity index (χ2v) is 8.21. The van der Waals surface area contributed by atoms with E-state index in [4.69, 9.17) is 4.74 Å². The van der Waals surface area contributed by atoms with Crippen molar-refractivity contribution in [2.45, 2.75) is 20.3 Å². The first-order chi connectivity index (χ1) is 10.4. The predicted molar refractivity (Wildman–Crippen MR) is 89.4 cm³/mol. The number of carbonyl (C=O) groups is 3. The van der Waals surface area contributed by atoms with Crippen molar-refractivity contribution in [3.63, 3.8) is 0 Å². The third-order valence-corrected chi connectivity index (χ3v) is 5.77. The van der Waals surface area contributed by atoms with Crippen LogP contribution in [0.15, 0.2) is 3.79 Å². The van der Waals surface area contributed by atoms with Crippen molar-refractivity contribution >= 4 is 61.2 Å². The van der Waals surface area contributed by atoms with Gasteiger partial charge in [-0.2, -0.15) is 0 Å². The summed E-state index contributed by atoms with van der Waals surface area (Å²) in [6.45, 7) is 4.02. The van der Waals surface area contributed by atoms with Gasteiger partial charge in [0.25, 0.3) is 0 Å². The SMILES string of the molecule is CCOC(=O)c1nc(N2CC(CSC(C)=O)CC2=O)sc1Br. The monoisotopic (exact) mass is 406 g/mol. The molecule has 1 unspecified atom stereocenters. The molecule has 22 heavy (non-hydrogen) atoms. The summed E-state index contributed by atoms with van der Waals surface area (Å²) in [6.07, 6.45) is 0.395. The number of thiazole rings is 1. The van der Waals surface area contributed by atoms with Crippen molar-refractivity contribution in [1.29, 1.82) is 0 Å². The van der Waals surface area contributed by atoms with Crippen LogP contribution in [0.4, 0.5) is 5.13 Å². The van der Waals surface area contributed by atoms with E-state index in [-0.39, 0.29) is 29.2 Å². The minimum absolute atomic E-state index is 0.0363. The molecule has 9 heteroatoms. The maximum Gasteiger partial charge on any atom is 0.359 e. The van der Waals surface area contributed by atoms with Gasteiger partial charge in [0.15, 0.2) is 15.9 Å². The second kappa shape index (κ2) is 7.56. The van der Waals surface area contributed by atoms with Crippen LogP contribution in [0.3, 0.4) is 0 Å². The molecule has 0 N–H and O–H groups in total. The lowest BCUT2D eigenvalue weighted by Gasteiger charge is -2.12. The number of halogens is 1. The molecule has 0 aromatic carbocycles. The maximum atomic E-state index is 12.1. The number of hydrogen-bond acceptors (Lipinski definition) is 7. The molecule has 1 amide bonds. The third kappa shape index (κ3) is 4.08. The molecule has 0 radical (unpaired) electrons. The van der Waals surface area contributed by atoms with E-state index >= 15 is 0 Å². The summed E-state index contributed by atoms with van der Waals surface area (Å²) < 4.78 is 5.48. The van der Waals surface area contributed by atoms with E-state index in [1.807, 2.05) is 0 Å². The van der Waals surface area contributed by atoms with Crippen LogP contribution < -0.4 is 4.90 Å². The molecule has 1 fully saturated rings. The quantitative estimate of drug-likeness (QED) is 0.699. The molecular weight excluding hydrogens is 392 g/mol. The highest BCUT2D eigenvalue weighted by molar-refractivity contribution is 9.11. The van der Waals surface area contributed by atoms with E-state index in [1.54, 1.807) is 11.8 Å². The predicted octanol–water partition coefficient (Wildman–Crippen LogP) is 2.71. The van der Waals surface area contributed by atoms with Gasteiger partial charge in [-0.3, -0.25) is 14.5 Å². The Kier molecular flexibility index (Phi) is 5.99. The van der Waals surface area contributed by atoms with Gasteiger partial charge in [-0.15, -0.1) is 0 Å². The number of aromatic nitrogens is 1. The van der Waals surface area contributed by atoms with Gasteiger partial charge in [0.05, 0.1) is 6.61 Å². The van der Waals surface area contributed by atoms with Crippen LogP contribution in [0.2, 0.25) is 0 Å². The van der Waals surface area contributed by atoms with Crippen LogP contribution in [0, 0.1) is 5.92 Å². The van der Waals surface area contributed by atoms with Crippen molar-refractivity contribution in [2.24, 2.45) is 5.92 Å².